The molecule has 1 saturated heterocycles. The van der Waals surface area contributed by atoms with Gasteiger partial charge in [0.2, 0.25) is 12.7 Å². The summed E-state index contributed by atoms with van der Waals surface area (Å²) in [7, 11) is 1.88. The molecular weight excluding hydrogens is 414 g/mol. The Morgan fingerprint density at radius 2 is 2.17 bits per heavy atom. The number of benzene rings is 1. The largest absolute Gasteiger partial charge is 0.454 e. The molecule has 0 radical (unpaired) electrons. The Morgan fingerprint density at radius 3 is 3.00 bits per heavy atom. The number of hydrogen-bond acceptors (Lipinski definition) is 7. The molecule has 29 heavy (non-hydrogen) atoms. The van der Waals surface area contributed by atoms with Crippen molar-refractivity contribution in [3.63, 3.8) is 0 Å². The quantitative estimate of drug-likeness (QED) is 0.657. The van der Waals surface area contributed by atoms with E-state index in [0.29, 0.717) is 17.4 Å². The Labute approximate surface area is 177 Å². The van der Waals surface area contributed by atoms with Crippen molar-refractivity contribution in [1.82, 2.24) is 20.1 Å². The maximum absolute atomic E-state index is 12.9. The first kappa shape index (κ1) is 19.7. The van der Waals surface area contributed by atoms with E-state index in [9.17, 15) is 4.79 Å². The number of ether oxygens (including phenoxy) is 2. The third-order valence-corrected chi connectivity index (χ3v) is 5.86. The van der Waals surface area contributed by atoms with Gasteiger partial charge in [0.15, 0.2) is 16.6 Å². The lowest BCUT2D eigenvalue weighted by Crippen LogP contribution is -2.28. The van der Waals surface area contributed by atoms with Crippen LogP contribution >= 0.6 is 23.7 Å². The van der Waals surface area contributed by atoms with Crippen molar-refractivity contribution < 1.29 is 14.3 Å². The Balaban J connectivity index is 0.00000205. The van der Waals surface area contributed by atoms with Crippen LogP contribution in [0.3, 0.4) is 0 Å². The van der Waals surface area contributed by atoms with Gasteiger partial charge in [0.25, 0.3) is 0 Å². The van der Waals surface area contributed by atoms with Gasteiger partial charge in [-0.25, -0.2) is 4.98 Å². The van der Waals surface area contributed by atoms with Crippen LogP contribution < -0.4 is 20.1 Å². The second-order valence-corrected chi connectivity index (χ2v) is 7.77. The minimum absolute atomic E-state index is 0. The molecule has 1 aromatic carbocycles. The van der Waals surface area contributed by atoms with Crippen LogP contribution in [0.2, 0.25) is 0 Å². The minimum atomic E-state index is -0.151. The molecule has 0 unspecified atom stereocenters. The molecule has 4 heterocycles. The van der Waals surface area contributed by atoms with Gasteiger partial charge in [0.05, 0.1) is 17.8 Å². The molecule has 0 spiro atoms. The van der Waals surface area contributed by atoms with E-state index in [1.807, 2.05) is 43.0 Å². The lowest BCUT2D eigenvalue weighted by molar-refractivity contribution is -0.119. The monoisotopic (exact) mass is 433 g/mol. The number of thiazole rings is 1. The summed E-state index contributed by atoms with van der Waals surface area (Å²) in [4.78, 5) is 17.4. The van der Waals surface area contributed by atoms with E-state index >= 15 is 0 Å². The van der Waals surface area contributed by atoms with Crippen molar-refractivity contribution in [3.05, 3.63) is 41.5 Å². The zero-order chi connectivity index (χ0) is 19.1. The highest BCUT2D eigenvalue weighted by molar-refractivity contribution is 7.14. The molecule has 2 N–H and O–H groups in total. The van der Waals surface area contributed by atoms with Crippen LogP contribution in [0.15, 0.2) is 36.0 Å². The number of hydrogen-bond donors (Lipinski definition) is 2. The highest BCUT2D eigenvalue weighted by Gasteiger charge is 2.35. The van der Waals surface area contributed by atoms with Crippen molar-refractivity contribution in [2.24, 2.45) is 13.0 Å². The molecule has 0 aliphatic carbocycles. The molecule has 2 aliphatic rings. The lowest BCUT2D eigenvalue weighted by Gasteiger charge is -2.15. The Bertz CT molecular complexity index is 1040. The van der Waals surface area contributed by atoms with E-state index < -0.39 is 0 Å². The van der Waals surface area contributed by atoms with Crippen molar-refractivity contribution in [2.75, 3.05) is 25.2 Å². The number of anilines is 1. The molecule has 2 aliphatic heterocycles. The fourth-order valence-corrected chi connectivity index (χ4v) is 4.38. The molecule has 0 bridgehead atoms. The first-order valence-electron chi connectivity index (χ1n) is 9.03. The molecule has 2 aromatic heterocycles. The smallest absolute Gasteiger partial charge is 0.231 e. The van der Waals surface area contributed by atoms with Gasteiger partial charge in [-0.1, -0.05) is 0 Å². The standard InChI is InChI=1S/C19H19N5O3S.ClH/c1-24-8-12(5-21-24)13-6-20-7-14(13)18(25)23-19-22-15(9-28-19)11-2-3-16-17(4-11)27-10-26-16;/h2-5,8-9,13-14,20H,6-7,10H2,1H3,(H,22,23,25);1H/t13-,14+;/m1./s1. The summed E-state index contributed by atoms with van der Waals surface area (Å²) in [5, 5.41) is 13.0. The van der Waals surface area contributed by atoms with Gasteiger partial charge in [0, 0.05) is 43.2 Å². The molecule has 5 rings (SSSR count). The number of aromatic nitrogens is 3. The molecule has 2 atom stereocenters. The van der Waals surface area contributed by atoms with Crippen LogP contribution in [-0.2, 0) is 11.8 Å². The van der Waals surface area contributed by atoms with Crippen molar-refractivity contribution >= 4 is 34.8 Å². The number of carbonyl (C=O) groups excluding carboxylic acids is 1. The molecule has 1 fully saturated rings. The van der Waals surface area contributed by atoms with Gasteiger partial charge < -0.3 is 20.1 Å². The number of aryl methyl sites for hydroxylation is 1. The summed E-state index contributed by atoms with van der Waals surface area (Å²) in [6.07, 6.45) is 3.80. The predicted molar refractivity (Wildman–Crippen MR) is 112 cm³/mol. The van der Waals surface area contributed by atoms with Crippen LogP contribution in [0.4, 0.5) is 5.13 Å². The third-order valence-electron chi connectivity index (χ3n) is 5.11. The summed E-state index contributed by atoms with van der Waals surface area (Å²) >= 11 is 1.41. The van der Waals surface area contributed by atoms with Gasteiger partial charge in [-0.05, 0) is 23.8 Å². The van der Waals surface area contributed by atoms with Gasteiger partial charge in [-0.15, -0.1) is 23.7 Å². The second kappa shape index (κ2) is 8.02. The van der Waals surface area contributed by atoms with Gasteiger partial charge in [-0.2, -0.15) is 5.10 Å². The zero-order valence-corrected chi connectivity index (χ0v) is 17.3. The number of nitrogens with zero attached hydrogens (tertiary/aromatic N) is 3. The van der Waals surface area contributed by atoms with Gasteiger partial charge in [0.1, 0.15) is 0 Å². The number of nitrogens with one attached hydrogen (secondary N) is 2. The summed E-state index contributed by atoms with van der Waals surface area (Å²) in [5.74, 6) is 1.39. The van der Waals surface area contributed by atoms with E-state index in [0.717, 1.165) is 29.1 Å². The number of carbonyl (C=O) groups is 1. The Morgan fingerprint density at radius 1 is 1.31 bits per heavy atom. The van der Waals surface area contributed by atoms with E-state index in [4.69, 9.17) is 9.47 Å². The molecule has 3 aromatic rings. The van der Waals surface area contributed by atoms with E-state index in [2.05, 4.69) is 20.7 Å². The van der Waals surface area contributed by atoms with Crippen LogP contribution in [0, 0.1) is 5.92 Å². The molecule has 8 nitrogen and oxygen atoms in total. The number of halogens is 1. The molecule has 0 saturated carbocycles. The fourth-order valence-electron chi connectivity index (χ4n) is 3.65. The fraction of sp³-hybridized carbons (Fsp3) is 0.316. The van der Waals surface area contributed by atoms with Gasteiger partial charge >= 0.3 is 0 Å². The molecule has 152 valence electrons. The van der Waals surface area contributed by atoms with E-state index in [1.54, 1.807) is 4.68 Å². The SMILES string of the molecule is Cl.Cn1cc([C@H]2CNC[C@@H]2C(=O)Nc2nc(-c3ccc4c(c3)OCO4)cs2)cn1. The van der Waals surface area contributed by atoms with Crippen LogP contribution in [0.25, 0.3) is 11.3 Å². The summed E-state index contributed by atoms with van der Waals surface area (Å²) in [6, 6.07) is 5.72. The van der Waals surface area contributed by atoms with E-state index in [1.165, 1.54) is 11.3 Å². The maximum atomic E-state index is 12.9. The first-order chi connectivity index (χ1) is 13.7. The summed E-state index contributed by atoms with van der Waals surface area (Å²) < 4.78 is 12.5. The number of rotatable bonds is 4. The number of amides is 1. The lowest BCUT2D eigenvalue weighted by atomic mass is 9.90. The van der Waals surface area contributed by atoms with E-state index in [-0.39, 0.29) is 36.9 Å². The van der Waals surface area contributed by atoms with Gasteiger partial charge in [-0.3, -0.25) is 9.48 Å². The summed E-state index contributed by atoms with van der Waals surface area (Å²) in [6.45, 7) is 1.65. The average molecular weight is 434 g/mol. The first-order valence-corrected chi connectivity index (χ1v) is 9.91. The number of fused-ring (bicyclic) bond motifs is 1. The highest BCUT2D eigenvalue weighted by Crippen LogP contribution is 2.37. The van der Waals surface area contributed by atoms with Crippen LogP contribution in [0.5, 0.6) is 11.5 Å². The second-order valence-electron chi connectivity index (χ2n) is 6.91. The molecule has 1 amide bonds. The highest BCUT2D eigenvalue weighted by atomic mass is 35.5. The van der Waals surface area contributed by atoms with Crippen molar-refractivity contribution in [3.8, 4) is 22.8 Å². The van der Waals surface area contributed by atoms with Crippen LogP contribution in [-0.4, -0.2) is 40.6 Å². The minimum Gasteiger partial charge on any atom is -0.454 e. The van der Waals surface area contributed by atoms with Crippen LogP contribution in [0.1, 0.15) is 11.5 Å². The van der Waals surface area contributed by atoms with Crippen molar-refractivity contribution in [1.29, 1.82) is 0 Å². The third kappa shape index (κ3) is 3.81. The summed E-state index contributed by atoms with van der Waals surface area (Å²) in [5.41, 5.74) is 2.80. The van der Waals surface area contributed by atoms with Crippen molar-refractivity contribution in [2.45, 2.75) is 5.92 Å². The maximum Gasteiger partial charge on any atom is 0.231 e. The average Bonchev–Trinajstić information content (AvgIpc) is 3.47. The topological polar surface area (TPSA) is 90.3 Å². The Kier molecular flexibility index (Phi) is 5.44. The molecular formula is C19H20ClN5O3S. The normalized spacial score (nSPS) is 19.8. The predicted octanol–water partition coefficient (Wildman–Crippen LogP) is 2.64. The Hall–Kier alpha value is -2.62. The zero-order valence-electron chi connectivity index (χ0n) is 15.6. The molecule has 10 heteroatoms.